The molecular formula is C19H31N3O2Sn. The van der Waals surface area contributed by atoms with Crippen LogP contribution in [0.3, 0.4) is 0 Å². The summed E-state index contributed by atoms with van der Waals surface area (Å²) in [5.74, 6) is -0.907. The average Bonchev–Trinajstić information content (AvgIpc) is 2.62. The maximum absolute atomic E-state index is 11.5. The molecule has 0 atom stereocenters. The molecule has 25 heavy (non-hydrogen) atoms. The van der Waals surface area contributed by atoms with E-state index >= 15 is 0 Å². The molecule has 0 saturated heterocycles. The van der Waals surface area contributed by atoms with Gasteiger partial charge < -0.3 is 0 Å². The molecule has 0 saturated carbocycles. The molecule has 0 aliphatic heterocycles. The van der Waals surface area contributed by atoms with E-state index in [1.165, 1.54) is 32.6 Å². The van der Waals surface area contributed by atoms with Crippen LogP contribution in [-0.4, -0.2) is 29.5 Å². The predicted molar refractivity (Wildman–Crippen MR) is 107 cm³/mol. The molecule has 0 amide bonds. The molecule has 1 aromatic rings. The second-order valence-corrected chi connectivity index (χ2v) is 19.9. The fourth-order valence-corrected chi connectivity index (χ4v) is 20.1. The first-order chi connectivity index (χ1) is 12.0. The van der Waals surface area contributed by atoms with Gasteiger partial charge in [0.25, 0.3) is 0 Å². The number of benzene rings is 1. The quantitative estimate of drug-likeness (QED) is 0.173. The van der Waals surface area contributed by atoms with Crippen LogP contribution in [-0.2, 0) is 0 Å². The first-order valence-electron chi connectivity index (χ1n) is 9.47. The van der Waals surface area contributed by atoms with E-state index in [1.54, 1.807) is 12.1 Å². The molecular weight excluding hydrogens is 421 g/mol. The second-order valence-electron chi connectivity index (χ2n) is 6.82. The molecule has 138 valence electrons. The molecule has 1 rings (SSSR count). The molecule has 0 bridgehead atoms. The van der Waals surface area contributed by atoms with Crippen molar-refractivity contribution in [1.82, 2.24) is 0 Å². The number of azide groups is 1. The van der Waals surface area contributed by atoms with Gasteiger partial charge in [0.05, 0.1) is 0 Å². The number of hydrogen-bond acceptors (Lipinski definition) is 2. The third kappa shape index (κ3) is 6.23. The zero-order chi connectivity index (χ0) is 18.7. The maximum atomic E-state index is 11.5. The number of nitrogens with zero attached hydrogens (tertiary/aromatic N) is 3. The Morgan fingerprint density at radius 2 is 1.60 bits per heavy atom. The summed E-state index contributed by atoms with van der Waals surface area (Å²) < 4.78 is 4.76. The van der Waals surface area contributed by atoms with Gasteiger partial charge in [0.15, 0.2) is 0 Å². The second kappa shape index (κ2) is 11.4. The molecule has 1 N–H and O–H groups in total. The Labute approximate surface area is 155 Å². The molecule has 0 radical (unpaired) electrons. The number of carboxylic acid groups (broad SMARTS) is 1. The fraction of sp³-hybridized carbons (Fsp3) is 0.632. The number of carboxylic acids is 1. The molecule has 0 spiro atoms. The van der Waals surface area contributed by atoms with E-state index in [4.69, 9.17) is 5.53 Å². The summed E-state index contributed by atoms with van der Waals surface area (Å²) in [6, 6.07) is 5.11. The number of carbonyl (C=O) groups is 1. The van der Waals surface area contributed by atoms with Crippen molar-refractivity contribution >= 4 is 33.6 Å². The molecule has 0 aliphatic carbocycles. The monoisotopic (exact) mass is 453 g/mol. The number of rotatable bonds is 12. The van der Waals surface area contributed by atoms with Crippen molar-refractivity contribution < 1.29 is 9.90 Å². The average molecular weight is 452 g/mol. The summed E-state index contributed by atoms with van der Waals surface area (Å²) in [5, 5.41) is 13.4. The molecule has 0 aliphatic rings. The van der Waals surface area contributed by atoms with Crippen molar-refractivity contribution in [2.45, 2.75) is 72.6 Å². The SMILES string of the molecule is CCC[CH2][Sn]([CH2]CCC)([CH2]CCC)[c]1cc(C(=O)O)ccc1N=[N+]=[N-]. The molecule has 0 aromatic heterocycles. The summed E-state index contributed by atoms with van der Waals surface area (Å²) in [6.45, 7) is 6.62. The van der Waals surface area contributed by atoms with Gasteiger partial charge in [-0.05, 0) is 0 Å². The van der Waals surface area contributed by atoms with Gasteiger partial charge in [-0.2, -0.15) is 0 Å². The van der Waals surface area contributed by atoms with Crippen LogP contribution in [0.4, 0.5) is 5.69 Å². The molecule has 0 heterocycles. The molecule has 0 fully saturated rings. The van der Waals surface area contributed by atoms with E-state index in [-0.39, 0.29) is 0 Å². The van der Waals surface area contributed by atoms with E-state index in [0.29, 0.717) is 11.3 Å². The summed E-state index contributed by atoms with van der Waals surface area (Å²) >= 11 is -2.85. The Kier molecular flexibility index (Phi) is 9.98. The summed E-state index contributed by atoms with van der Waals surface area (Å²) in [5.41, 5.74) is 9.97. The van der Waals surface area contributed by atoms with Crippen LogP contribution in [0.25, 0.3) is 10.4 Å². The Balaban J connectivity index is 3.53. The van der Waals surface area contributed by atoms with Gasteiger partial charge in [0, 0.05) is 0 Å². The predicted octanol–water partition coefficient (Wildman–Crippen LogP) is 6.38. The van der Waals surface area contributed by atoms with Crippen LogP contribution in [0.15, 0.2) is 23.3 Å². The van der Waals surface area contributed by atoms with Gasteiger partial charge in [-0.3, -0.25) is 0 Å². The van der Waals surface area contributed by atoms with Crippen LogP contribution < -0.4 is 3.58 Å². The van der Waals surface area contributed by atoms with Gasteiger partial charge in [-0.15, -0.1) is 0 Å². The van der Waals surface area contributed by atoms with Crippen LogP contribution in [0.2, 0.25) is 13.3 Å². The third-order valence-electron chi connectivity index (χ3n) is 4.99. The molecule has 6 heteroatoms. The van der Waals surface area contributed by atoms with Crippen molar-refractivity contribution in [1.29, 1.82) is 0 Å². The first-order valence-corrected chi connectivity index (χ1v) is 17.0. The zero-order valence-corrected chi connectivity index (χ0v) is 18.6. The standard InChI is InChI=1S/C7H4N3O2.3C4H9.Sn/c8-10-9-6-3-1-5(2-4-6)7(11)12;3*1-3-4-2;/h1-3H,(H,11,12);3*1,3-4H2,2H3;. The number of unbranched alkanes of at least 4 members (excludes halogenated alkanes) is 3. The van der Waals surface area contributed by atoms with Gasteiger partial charge in [0.1, 0.15) is 0 Å². The van der Waals surface area contributed by atoms with Crippen LogP contribution in [0, 0.1) is 0 Å². The van der Waals surface area contributed by atoms with Crippen molar-refractivity contribution in [3.8, 4) is 0 Å². The van der Waals surface area contributed by atoms with Crippen LogP contribution in [0.1, 0.15) is 69.7 Å². The molecule has 0 unspecified atom stereocenters. The van der Waals surface area contributed by atoms with Gasteiger partial charge in [-0.1, -0.05) is 0 Å². The summed E-state index contributed by atoms with van der Waals surface area (Å²) in [7, 11) is 0. The fourth-order valence-electron chi connectivity index (χ4n) is 3.55. The Hall–Kier alpha value is -1.20. The van der Waals surface area contributed by atoms with Gasteiger partial charge in [0.2, 0.25) is 0 Å². The van der Waals surface area contributed by atoms with Gasteiger partial charge >= 0.3 is 155 Å². The minimum absolute atomic E-state index is 0.317. The van der Waals surface area contributed by atoms with Crippen LogP contribution >= 0.6 is 0 Å². The van der Waals surface area contributed by atoms with E-state index in [0.717, 1.165) is 22.8 Å². The van der Waals surface area contributed by atoms with Crippen molar-refractivity contribution in [2.24, 2.45) is 5.11 Å². The molecule has 1 aromatic carbocycles. The third-order valence-corrected chi connectivity index (χ3v) is 20.6. The van der Waals surface area contributed by atoms with Crippen molar-refractivity contribution in [2.75, 3.05) is 0 Å². The number of hydrogen-bond donors (Lipinski definition) is 1. The normalized spacial score (nSPS) is 11.2. The topological polar surface area (TPSA) is 86.1 Å². The van der Waals surface area contributed by atoms with Crippen molar-refractivity contribution in [3.63, 3.8) is 0 Å². The Morgan fingerprint density at radius 1 is 1.08 bits per heavy atom. The zero-order valence-electron chi connectivity index (χ0n) is 15.8. The van der Waals surface area contributed by atoms with E-state index < -0.39 is 24.3 Å². The molecule has 5 nitrogen and oxygen atoms in total. The van der Waals surface area contributed by atoms with Crippen LogP contribution in [0.5, 0.6) is 0 Å². The number of aromatic carboxylic acids is 1. The Morgan fingerprint density at radius 3 is 2.00 bits per heavy atom. The first kappa shape index (κ1) is 21.8. The van der Waals surface area contributed by atoms with E-state index in [9.17, 15) is 9.90 Å². The van der Waals surface area contributed by atoms with E-state index in [1.807, 2.05) is 6.07 Å². The van der Waals surface area contributed by atoms with Gasteiger partial charge in [-0.25, -0.2) is 0 Å². The van der Waals surface area contributed by atoms with E-state index in [2.05, 4.69) is 30.8 Å². The summed E-state index contributed by atoms with van der Waals surface area (Å²) in [6.07, 6.45) is 6.97. The Bertz CT molecular complexity index is 591. The van der Waals surface area contributed by atoms with Crippen molar-refractivity contribution in [3.05, 3.63) is 34.2 Å². The minimum atomic E-state index is -2.85. The summed E-state index contributed by atoms with van der Waals surface area (Å²) in [4.78, 5) is 14.5.